The first kappa shape index (κ1) is 12.0. The normalized spacial score (nSPS) is 11.6. The topological polar surface area (TPSA) is 68.5 Å². The summed E-state index contributed by atoms with van der Waals surface area (Å²) in [5, 5.41) is 2.57. The molecular weight excluding hydrogens is 210 g/mol. The number of ether oxygens (including phenoxy) is 1. The van der Waals surface area contributed by atoms with Crippen LogP contribution in [0.15, 0.2) is 35.5 Å². The smallest absolute Gasteiger partial charge is 0.330 e. The Balaban J connectivity index is 2.32. The second-order valence-electron chi connectivity index (χ2n) is 3.14. The second-order valence-corrected chi connectivity index (χ2v) is 3.14. The largest absolute Gasteiger partial charge is 0.459 e. The molecule has 1 amide bonds. The van der Waals surface area contributed by atoms with Crippen molar-refractivity contribution in [2.45, 2.75) is 13.0 Å². The Morgan fingerprint density at radius 3 is 3.00 bits per heavy atom. The van der Waals surface area contributed by atoms with Gasteiger partial charge in [-0.25, -0.2) is 4.79 Å². The van der Waals surface area contributed by atoms with Crippen LogP contribution < -0.4 is 5.32 Å². The van der Waals surface area contributed by atoms with Gasteiger partial charge in [-0.1, -0.05) is 6.58 Å². The Bertz CT molecular complexity index is 369. The predicted octanol–water partition coefficient (Wildman–Crippen LogP) is 1.13. The molecule has 1 aromatic rings. The molecule has 0 aromatic carbocycles. The maximum Gasteiger partial charge on any atom is 0.330 e. The van der Waals surface area contributed by atoms with Crippen LogP contribution in [0.3, 0.4) is 0 Å². The molecule has 0 aliphatic carbocycles. The molecule has 0 saturated heterocycles. The van der Waals surface area contributed by atoms with Crippen molar-refractivity contribution in [2.24, 2.45) is 0 Å². The summed E-state index contributed by atoms with van der Waals surface area (Å²) in [6.07, 6.45) is 2.07. The van der Waals surface area contributed by atoms with Gasteiger partial charge in [-0.05, 0) is 19.1 Å². The third-order valence-corrected chi connectivity index (χ3v) is 1.78. The molecule has 5 nitrogen and oxygen atoms in total. The first-order valence-corrected chi connectivity index (χ1v) is 4.78. The van der Waals surface area contributed by atoms with Gasteiger partial charge in [0.25, 0.3) is 5.91 Å². The maximum absolute atomic E-state index is 11.4. The van der Waals surface area contributed by atoms with E-state index in [0.29, 0.717) is 0 Å². The van der Waals surface area contributed by atoms with Gasteiger partial charge in [-0.2, -0.15) is 0 Å². The lowest BCUT2D eigenvalue weighted by Crippen LogP contribution is -2.32. The highest BCUT2D eigenvalue weighted by Crippen LogP contribution is 1.99. The molecule has 1 N–H and O–H groups in total. The molecule has 0 spiro atoms. The molecule has 0 bridgehead atoms. The van der Waals surface area contributed by atoms with Gasteiger partial charge in [0.1, 0.15) is 6.10 Å². The van der Waals surface area contributed by atoms with Crippen LogP contribution in [0.5, 0.6) is 0 Å². The molecule has 0 aliphatic heterocycles. The minimum atomic E-state index is -0.514. The Morgan fingerprint density at radius 1 is 1.69 bits per heavy atom. The van der Waals surface area contributed by atoms with Crippen molar-refractivity contribution in [3.05, 3.63) is 36.8 Å². The average Bonchev–Trinajstić information content (AvgIpc) is 2.79. The highest BCUT2D eigenvalue weighted by molar-refractivity contribution is 5.91. The summed E-state index contributed by atoms with van der Waals surface area (Å²) < 4.78 is 9.76. The molecule has 1 unspecified atom stereocenters. The first-order valence-electron chi connectivity index (χ1n) is 4.78. The number of esters is 1. The van der Waals surface area contributed by atoms with Crippen LogP contribution >= 0.6 is 0 Å². The Morgan fingerprint density at radius 2 is 2.44 bits per heavy atom. The van der Waals surface area contributed by atoms with Crippen molar-refractivity contribution in [3.8, 4) is 0 Å². The van der Waals surface area contributed by atoms with Gasteiger partial charge in [0.05, 0.1) is 12.8 Å². The summed E-state index contributed by atoms with van der Waals surface area (Å²) in [6.45, 7) is 5.16. The van der Waals surface area contributed by atoms with Gasteiger partial charge < -0.3 is 14.5 Å². The molecule has 0 aliphatic rings. The van der Waals surface area contributed by atoms with E-state index in [1.807, 2.05) is 0 Å². The molecule has 1 heterocycles. The van der Waals surface area contributed by atoms with Gasteiger partial charge in [0.2, 0.25) is 0 Å². The first-order chi connectivity index (χ1) is 7.63. The minimum absolute atomic E-state index is 0.221. The summed E-state index contributed by atoms with van der Waals surface area (Å²) >= 11 is 0. The maximum atomic E-state index is 11.4. The minimum Gasteiger partial charge on any atom is -0.459 e. The molecular formula is C11H13NO4. The van der Waals surface area contributed by atoms with Crippen LogP contribution in [0, 0.1) is 0 Å². The van der Waals surface area contributed by atoms with E-state index >= 15 is 0 Å². The molecule has 1 atom stereocenters. The Kier molecular flexibility index (Phi) is 4.32. The lowest BCUT2D eigenvalue weighted by Gasteiger charge is -2.11. The van der Waals surface area contributed by atoms with Gasteiger partial charge in [0.15, 0.2) is 5.76 Å². The fourth-order valence-electron chi connectivity index (χ4n) is 1.02. The number of carbonyl (C=O) groups is 2. The molecule has 0 radical (unpaired) electrons. The highest BCUT2D eigenvalue weighted by atomic mass is 16.5. The van der Waals surface area contributed by atoms with E-state index in [-0.39, 0.29) is 18.2 Å². The number of hydrogen-bond donors (Lipinski definition) is 1. The van der Waals surface area contributed by atoms with Crippen molar-refractivity contribution < 1.29 is 18.7 Å². The number of amides is 1. The van der Waals surface area contributed by atoms with E-state index in [1.165, 1.54) is 6.26 Å². The van der Waals surface area contributed by atoms with Crippen LogP contribution in [0.25, 0.3) is 0 Å². The van der Waals surface area contributed by atoms with Crippen LogP contribution in [-0.2, 0) is 9.53 Å². The van der Waals surface area contributed by atoms with Crippen molar-refractivity contribution in [2.75, 3.05) is 6.54 Å². The quantitative estimate of drug-likeness (QED) is 0.600. The van der Waals surface area contributed by atoms with Crippen molar-refractivity contribution in [1.82, 2.24) is 5.32 Å². The van der Waals surface area contributed by atoms with Crippen molar-refractivity contribution in [1.29, 1.82) is 0 Å². The highest BCUT2D eigenvalue weighted by Gasteiger charge is 2.11. The van der Waals surface area contributed by atoms with Gasteiger partial charge >= 0.3 is 5.97 Å². The van der Waals surface area contributed by atoms with Gasteiger partial charge in [-0.3, -0.25) is 4.79 Å². The molecule has 16 heavy (non-hydrogen) atoms. The zero-order chi connectivity index (χ0) is 12.0. The lowest BCUT2D eigenvalue weighted by atomic mass is 10.3. The number of furan rings is 1. The summed E-state index contributed by atoms with van der Waals surface area (Å²) in [5.74, 6) is -0.631. The monoisotopic (exact) mass is 223 g/mol. The van der Waals surface area contributed by atoms with E-state index in [4.69, 9.17) is 9.15 Å². The zero-order valence-electron chi connectivity index (χ0n) is 8.93. The van der Waals surface area contributed by atoms with Crippen LogP contribution in [0.1, 0.15) is 17.5 Å². The predicted molar refractivity (Wildman–Crippen MR) is 56.8 cm³/mol. The van der Waals surface area contributed by atoms with Crippen LogP contribution in [0.2, 0.25) is 0 Å². The van der Waals surface area contributed by atoms with Crippen LogP contribution in [-0.4, -0.2) is 24.5 Å². The van der Waals surface area contributed by atoms with E-state index in [2.05, 4.69) is 11.9 Å². The molecule has 86 valence electrons. The van der Waals surface area contributed by atoms with E-state index in [0.717, 1.165) is 6.08 Å². The molecule has 1 rings (SSSR count). The van der Waals surface area contributed by atoms with Crippen LogP contribution in [0.4, 0.5) is 0 Å². The molecule has 0 saturated carbocycles. The van der Waals surface area contributed by atoms with Gasteiger partial charge in [0, 0.05) is 6.08 Å². The Labute approximate surface area is 93.1 Å². The number of rotatable bonds is 5. The summed E-state index contributed by atoms with van der Waals surface area (Å²) in [6, 6.07) is 3.17. The Hall–Kier alpha value is -2.04. The SMILES string of the molecule is C=CC(=O)OC(C)CNC(=O)c1ccco1. The fraction of sp³-hybridized carbons (Fsp3) is 0.273. The molecule has 0 fully saturated rings. The van der Waals surface area contributed by atoms with E-state index < -0.39 is 12.1 Å². The van der Waals surface area contributed by atoms with Crippen molar-refractivity contribution in [3.63, 3.8) is 0 Å². The molecule has 5 heteroatoms. The lowest BCUT2D eigenvalue weighted by molar-refractivity contribution is -0.141. The number of nitrogens with one attached hydrogen (secondary N) is 1. The standard InChI is InChI=1S/C11H13NO4/c1-3-10(13)16-8(2)7-12-11(14)9-5-4-6-15-9/h3-6,8H,1,7H2,2H3,(H,12,14). The van der Waals surface area contributed by atoms with E-state index in [9.17, 15) is 9.59 Å². The average molecular weight is 223 g/mol. The summed E-state index contributed by atoms with van der Waals surface area (Å²) in [5.41, 5.74) is 0. The third kappa shape index (κ3) is 3.61. The van der Waals surface area contributed by atoms with Crippen molar-refractivity contribution >= 4 is 11.9 Å². The summed E-state index contributed by atoms with van der Waals surface area (Å²) in [4.78, 5) is 22.2. The number of carbonyl (C=O) groups excluding carboxylic acids is 2. The second kappa shape index (κ2) is 5.75. The summed E-state index contributed by atoms with van der Waals surface area (Å²) in [7, 11) is 0. The number of hydrogen-bond acceptors (Lipinski definition) is 4. The third-order valence-electron chi connectivity index (χ3n) is 1.78. The fourth-order valence-corrected chi connectivity index (χ4v) is 1.02. The van der Waals surface area contributed by atoms with Gasteiger partial charge in [-0.15, -0.1) is 0 Å². The molecule has 1 aromatic heterocycles. The zero-order valence-corrected chi connectivity index (χ0v) is 8.93. The van der Waals surface area contributed by atoms with E-state index in [1.54, 1.807) is 19.1 Å².